The number of aromatic hydroxyl groups is 1. The van der Waals surface area contributed by atoms with Crippen molar-refractivity contribution >= 4 is 23.0 Å². The van der Waals surface area contributed by atoms with Crippen LogP contribution in [0.3, 0.4) is 0 Å². The molecular weight excluding hydrogens is 342 g/mol. The van der Waals surface area contributed by atoms with Crippen LogP contribution >= 0.6 is 12.2 Å². The number of hydrogen-bond acceptors (Lipinski definition) is 3. The summed E-state index contributed by atoms with van der Waals surface area (Å²) in [6.07, 6.45) is 0. The van der Waals surface area contributed by atoms with Crippen molar-refractivity contribution in [3.63, 3.8) is 0 Å². The van der Waals surface area contributed by atoms with E-state index in [0.717, 1.165) is 44.5 Å². The minimum absolute atomic E-state index is 0.301. The van der Waals surface area contributed by atoms with Crippen molar-refractivity contribution in [2.45, 2.75) is 20.8 Å². The van der Waals surface area contributed by atoms with Crippen molar-refractivity contribution in [2.75, 3.05) is 0 Å². The molecule has 1 aromatic heterocycles. The quantitative estimate of drug-likeness (QED) is 0.471. The molecule has 0 fully saturated rings. The Bertz CT molecular complexity index is 1200. The van der Waals surface area contributed by atoms with Gasteiger partial charge >= 0.3 is 0 Å². The summed E-state index contributed by atoms with van der Waals surface area (Å²) in [5.41, 5.74) is 4.78. The summed E-state index contributed by atoms with van der Waals surface area (Å²) in [5.74, 6) is 1.05. The number of rotatable bonds is 2. The standard InChI is InChI=1S/C21H19N3OS/c1-12-11-18(25)13(2)14(3)19(12)20-22-23-21(26)24(20)17-10-6-8-15-7-4-5-9-16(15)17/h4-11,25H,1-3H3,(H,23,26). The third-order valence-electron chi connectivity index (χ3n) is 4.97. The summed E-state index contributed by atoms with van der Waals surface area (Å²) < 4.78 is 2.52. The largest absolute Gasteiger partial charge is 0.508 e. The molecule has 4 aromatic rings. The highest BCUT2D eigenvalue weighted by molar-refractivity contribution is 7.71. The van der Waals surface area contributed by atoms with Gasteiger partial charge in [0.1, 0.15) is 5.75 Å². The van der Waals surface area contributed by atoms with Crippen molar-refractivity contribution in [2.24, 2.45) is 0 Å². The normalized spacial score (nSPS) is 11.2. The Morgan fingerprint density at radius 1 is 1.00 bits per heavy atom. The third-order valence-corrected chi connectivity index (χ3v) is 5.25. The van der Waals surface area contributed by atoms with Crippen LogP contribution in [0.2, 0.25) is 0 Å². The Labute approximate surface area is 156 Å². The van der Waals surface area contributed by atoms with Crippen molar-refractivity contribution in [3.8, 4) is 22.8 Å². The van der Waals surface area contributed by atoms with Crippen LogP contribution in [0, 0.1) is 25.5 Å². The fourth-order valence-electron chi connectivity index (χ4n) is 3.50. The molecule has 0 saturated heterocycles. The molecule has 0 radical (unpaired) electrons. The van der Waals surface area contributed by atoms with Gasteiger partial charge in [-0.05, 0) is 67.2 Å². The molecule has 0 saturated carbocycles. The van der Waals surface area contributed by atoms with Crippen molar-refractivity contribution in [1.29, 1.82) is 0 Å². The zero-order chi connectivity index (χ0) is 18.4. The molecular formula is C21H19N3OS. The average Bonchev–Trinajstić information content (AvgIpc) is 3.00. The molecule has 26 heavy (non-hydrogen) atoms. The predicted molar refractivity (Wildman–Crippen MR) is 108 cm³/mol. The second kappa shape index (κ2) is 6.11. The van der Waals surface area contributed by atoms with Crippen LogP contribution in [0.4, 0.5) is 0 Å². The minimum atomic E-state index is 0.301. The number of phenolic OH excluding ortho intramolecular Hbond substituents is 1. The summed E-state index contributed by atoms with van der Waals surface area (Å²) in [5, 5.41) is 19.9. The van der Waals surface area contributed by atoms with Gasteiger partial charge in [0.15, 0.2) is 10.6 Å². The molecule has 0 aliphatic rings. The van der Waals surface area contributed by atoms with Gasteiger partial charge in [0.2, 0.25) is 0 Å². The maximum absolute atomic E-state index is 10.1. The number of nitrogens with one attached hydrogen (secondary N) is 1. The Balaban J connectivity index is 2.08. The fraction of sp³-hybridized carbons (Fsp3) is 0.143. The van der Waals surface area contributed by atoms with E-state index in [1.165, 1.54) is 0 Å². The number of benzene rings is 3. The Morgan fingerprint density at radius 3 is 2.54 bits per heavy atom. The molecule has 0 aliphatic carbocycles. The van der Waals surface area contributed by atoms with E-state index in [-0.39, 0.29) is 0 Å². The first-order valence-corrected chi connectivity index (χ1v) is 8.85. The number of nitrogens with zero attached hydrogens (tertiary/aromatic N) is 2. The van der Waals surface area contributed by atoms with Gasteiger partial charge in [-0.15, -0.1) is 0 Å². The monoisotopic (exact) mass is 361 g/mol. The second-order valence-electron chi connectivity index (χ2n) is 6.52. The Hall–Kier alpha value is -2.92. The summed E-state index contributed by atoms with van der Waals surface area (Å²) >= 11 is 5.56. The highest BCUT2D eigenvalue weighted by Crippen LogP contribution is 2.35. The smallest absolute Gasteiger partial charge is 0.200 e. The molecule has 0 bridgehead atoms. The first-order chi connectivity index (χ1) is 12.5. The van der Waals surface area contributed by atoms with Crippen molar-refractivity contribution < 1.29 is 5.11 Å². The molecule has 2 N–H and O–H groups in total. The lowest BCUT2D eigenvalue weighted by molar-refractivity contribution is 0.470. The number of aryl methyl sites for hydroxylation is 1. The van der Waals surface area contributed by atoms with Crippen molar-refractivity contribution in [3.05, 3.63) is 70.0 Å². The Morgan fingerprint density at radius 2 is 1.73 bits per heavy atom. The molecule has 1 heterocycles. The number of fused-ring (bicyclic) bond motifs is 1. The molecule has 0 spiro atoms. The molecule has 4 nitrogen and oxygen atoms in total. The fourth-order valence-corrected chi connectivity index (χ4v) is 3.73. The zero-order valence-corrected chi connectivity index (χ0v) is 15.7. The van der Waals surface area contributed by atoms with Gasteiger partial charge in [-0.3, -0.25) is 9.67 Å². The lowest BCUT2D eigenvalue weighted by Gasteiger charge is -2.16. The number of phenols is 1. The van der Waals surface area contributed by atoms with Crippen LogP contribution in [0.1, 0.15) is 16.7 Å². The van der Waals surface area contributed by atoms with E-state index >= 15 is 0 Å². The summed E-state index contributed by atoms with van der Waals surface area (Å²) in [7, 11) is 0. The van der Waals surface area contributed by atoms with E-state index < -0.39 is 0 Å². The maximum atomic E-state index is 10.1. The molecule has 0 atom stereocenters. The Kier molecular flexibility index (Phi) is 3.89. The molecule has 5 heteroatoms. The van der Waals surface area contributed by atoms with Gasteiger partial charge in [0.05, 0.1) is 5.69 Å². The molecule has 130 valence electrons. The average molecular weight is 361 g/mol. The van der Waals surface area contributed by atoms with E-state index in [4.69, 9.17) is 12.2 Å². The van der Waals surface area contributed by atoms with E-state index in [2.05, 4.69) is 34.5 Å². The maximum Gasteiger partial charge on any atom is 0.200 e. The summed E-state index contributed by atoms with van der Waals surface area (Å²) in [4.78, 5) is 0. The van der Waals surface area contributed by atoms with Gasteiger partial charge in [-0.2, -0.15) is 5.10 Å². The third kappa shape index (κ3) is 2.44. The zero-order valence-electron chi connectivity index (χ0n) is 14.9. The first kappa shape index (κ1) is 16.5. The van der Waals surface area contributed by atoms with E-state index in [1.807, 2.05) is 43.5 Å². The lowest BCUT2D eigenvalue weighted by Crippen LogP contribution is -2.02. The van der Waals surface area contributed by atoms with E-state index in [1.54, 1.807) is 6.07 Å². The van der Waals surface area contributed by atoms with Crippen LogP contribution in [-0.2, 0) is 0 Å². The molecule has 0 unspecified atom stereocenters. The van der Waals surface area contributed by atoms with Gasteiger partial charge in [0.25, 0.3) is 0 Å². The van der Waals surface area contributed by atoms with Crippen LogP contribution < -0.4 is 0 Å². The van der Waals surface area contributed by atoms with E-state index in [9.17, 15) is 5.11 Å². The summed E-state index contributed by atoms with van der Waals surface area (Å²) in [6.45, 7) is 5.90. The number of hydrogen-bond donors (Lipinski definition) is 2. The van der Waals surface area contributed by atoms with Gasteiger partial charge < -0.3 is 5.11 Å². The lowest BCUT2D eigenvalue weighted by atomic mass is 9.96. The van der Waals surface area contributed by atoms with Crippen molar-refractivity contribution in [1.82, 2.24) is 14.8 Å². The highest BCUT2D eigenvalue weighted by Gasteiger charge is 2.19. The number of aromatic nitrogens is 3. The topological polar surface area (TPSA) is 53.8 Å². The van der Waals surface area contributed by atoms with Gasteiger partial charge in [-0.25, -0.2) is 0 Å². The first-order valence-electron chi connectivity index (χ1n) is 8.44. The number of aromatic amines is 1. The van der Waals surface area contributed by atoms with Crippen LogP contribution in [0.5, 0.6) is 5.75 Å². The van der Waals surface area contributed by atoms with Crippen LogP contribution in [-0.4, -0.2) is 19.9 Å². The van der Waals surface area contributed by atoms with E-state index in [0.29, 0.717) is 10.5 Å². The highest BCUT2D eigenvalue weighted by atomic mass is 32.1. The number of H-pyrrole nitrogens is 1. The minimum Gasteiger partial charge on any atom is -0.508 e. The molecule has 0 aliphatic heterocycles. The summed E-state index contributed by atoms with van der Waals surface area (Å²) in [6, 6.07) is 16.2. The van der Waals surface area contributed by atoms with Gasteiger partial charge in [-0.1, -0.05) is 36.4 Å². The second-order valence-corrected chi connectivity index (χ2v) is 6.91. The predicted octanol–water partition coefficient (Wildman–Crippen LogP) is 5.38. The molecule has 4 rings (SSSR count). The van der Waals surface area contributed by atoms with Crippen LogP contribution in [0.25, 0.3) is 27.8 Å². The van der Waals surface area contributed by atoms with Gasteiger partial charge in [0, 0.05) is 10.9 Å². The molecule has 0 amide bonds. The van der Waals surface area contributed by atoms with Crippen LogP contribution in [0.15, 0.2) is 48.5 Å². The molecule has 3 aromatic carbocycles. The SMILES string of the molecule is Cc1cc(O)c(C)c(C)c1-c1n[nH]c(=S)n1-c1cccc2ccccc12.